The summed E-state index contributed by atoms with van der Waals surface area (Å²) in [6.07, 6.45) is 3.16. The van der Waals surface area contributed by atoms with Crippen LogP contribution >= 0.6 is 0 Å². The molecule has 6 nitrogen and oxygen atoms in total. The van der Waals surface area contributed by atoms with Crippen LogP contribution in [0.1, 0.15) is 81.3 Å². The van der Waals surface area contributed by atoms with Crippen molar-refractivity contribution < 1.29 is 29.3 Å². The number of ketones is 1. The average Bonchev–Trinajstić information content (AvgIpc) is 2.65. The highest BCUT2D eigenvalue weighted by molar-refractivity contribution is 6.05. The highest BCUT2D eigenvalue weighted by Crippen LogP contribution is 2.51. The third kappa shape index (κ3) is 4.57. The minimum atomic E-state index is -0.424. The first-order valence-corrected chi connectivity index (χ1v) is 10.2. The number of Topliss-reactive ketones (excluding diaryl/α,β-unsaturated/α-hetero) is 1. The van der Waals surface area contributed by atoms with E-state index in [1.54, 1.807) is 13.8 Å². The molecule has 0 bridgehead atoms. The van der Waals surface area contributed by atoms with E-state index in [1.165, 1.54) is 7.11 Å². The maximum atomic E-state index is 13.0. The predicted molar refractivity (Wildman–Crippen MR) is 111 cm³/mol. The first-order valence-electron chi connectivity index (χ1n) is 10.2. The van der Waals surface area contributed by atoms with E-state index in [9.17, 15) is 19.8 Å². The smallest absolute Gasteiger partial charge is 0.306 e. The molecule has 0 amide bonds. The van der Waals surface area contributed by atoms with Crippen LogP contribution in [0.15, 0.2) is 11.6 Å². The maximum absolute atomic E-state index is 13.0. The van der Waals surface area contributed by atoms with Crippen molar-refractivity contribution in [2.45, 2.75) is 72.3 Å². The fourth-order valence-corrected chi connectivity index (χ4v) is 3.71. The zero-order chi connectivity index (χ0) is 21.9. The quantitative estimate of drug-likeness (QED) is 0.507. The molecule has 6 heteroatoms. The molecule has 0 spiro atoms. The number of ether oxygens (including phenoxy) is 2. The zero-order valence-corrected chi connectivity index (χ0v) is 18.2. The van der Waals surface area contributed by atoms with Crippen LogP contribution in [0.4, 0.5) is 0 Å². The molecule has 1 aliphatic rings. The third-order valence-corrected chi connectivity index (χ3v) is 5.60. The van der Waals surface area contributed by atoms with Crippen LogP contribution in [0.25, 0.3) is 0 Å². The molecule has 0 aromatic heterocycles. The van der Waals surface area contributed by atoms with E-state index in [0.29, 0.717) is 12.0 Å². The molecule has 2 rings (SSSR count). The van der Waals surface area contributed by atoms with Crippen molar-refractivity contribution in [1.82, 2.24) is 0 Å². The van der Waals surface area contributed by atoms with Crippen LogP contribution in [-0.2, 0) is 16.0 Å². The lowest BCUT2D eigenvalue weighted by atomic mass is 9.81. The largest absolute Gasteiger partial charge is 0.507 e. The molecule has 1 aliphatic heterocycles. The Kier molecular flexibility index (Phi) is 7.33. The van der Waals surface area contributed by atoms with Gasteiger partial charge in [0.1, 0.15) is 28.9 Å². The number of hydrogen-bond donors (Lipinski definition) is 2. The molecule has 1 aromatic carbocycles. The average molecular weight is 405 g/mol. The highest BCUT2D eigenvalue weighted by atomic mass is 16.5. The van der Waals surface area contributed by atoms with Crippen LogP contribution in [-0.4, -0.2) is 35.2 Å². The molecular formula is C23H32O6. The van der Waals surface area contributed by atoms with E-state index < -0.39 is 18.0 Å². The number of carbonyl (C=O) groups is 2. The van der Waals surface area contributed by atoms with Crippen molar-refractivity contribution >= 4 is 11.8 Å². The van der Waals surface area contributed by atoms with Gasteiger partial charge >= 0.3 is 5.97 Å². The van der Waals surface area contributed by atoms with Gasteiger partial charge in [0.2, 0.25) is 0 Å². The van der Waals surface area contributed by atoms with Gasteiger partial charge in [-0.15, -0.1) is 0 Å². The lowest BCUT2D eigenvalue weighted by Gasteiger charge is -2.33. The number of fused-ring (bicyclic) bond motifs is 1. The van der Waals surface area contributed by atoms with Gasteiger partial charge in [0, 0.05) is 17.0 Å². The Hall–Kier alpha value is -2.50. The second kappa shape index (κ2) is 9.33. The highest BCUT2D eigenvalue weighted by Gasteiger charge is 2.40. The lowest BCUT2D eigenvalue weighted by Crippen LogP contribution is -2.34. The predicted octanol–water partition coefficient (Wildman–Crippen LogP) is 4.65. The number of phenolic OH excluding ortho intramolecular Hbond substituents is 2. The summed E-state index contributed by atoms with van der Waals surface area (Å²) in [6, 6.07) is 0. The molecule has 0 saturated heterocycles. The monoisotopic (exact) mass is 404 g/mol. The first-order chi connectivity index (χ1) is 13.6. The molecule has 29 heavy (non-hydrogen) atoms. The number of hydrogen-bond acceptors (Lipinski definition) is 6. The van der Waals surface area contributed by atoms with Crippen LogP contribution in [0.2, 0.25) is 0 Å². The van der Waals surface area contributed by atoms with Crippen molar-refractivity contribution in [1.29, 1.82) is 0 Å². The second-order valence-corrected chi connectivity index (χ2v) is 8.02. The molecule has 0 saturated carbocycles. The normalized spacial score (nSPS) is 19.2. The standard InChI is InChI=1S/C23H32O6/c1-7-8-15(11-17(24)28-6)18-21(26)16(10-9-12(2)3)22(27)19-20(25)13(4)14(5)29-23(18)19/h9,13-15,26-27H,7-8,10-11H2,1-6H3/t13-,14+,15-/m0/s1. The van der Waals surface area contributed by atoms with Gasteiger partial charge in [0.25, 0.3) is 0 Å². The van der Waals surface area contributed by atoms with Gasteiger partial charge in [-0.1, -0.05) is 31.9 Å². The molecule has 3 atom stereocenters. The van der Waals surface area contributed by atoms with Gasteiger partial charge in [-0.3, -0.25) is 9.59 Å². The number of carbonyl (C=O) groups excluding carboxylic acids is 2. The summed E-state index contributed by atoms with van der Waals surface area (Å²) < 4.78 is 10.9. The topological polar surface area (TPSA) is 93.1 Å². The SMILES string of the molecule is CCC[C@@H](CC(=O)OC)c1c(O)c(CC=C(C)C)c(O)c2c1O[C@H](C)[C@H](C)C2=O. The molecule has 0 unspecified atom stereocenters. The molecule has 2 N–H and O–H groups in total. The number of allylic oxidation sites excluding steroid dienone is 2. The summed E-state index contributed by atoms with van der Waals surface area (Å²) in [7, 11) is 1.32. The van der Waals surface area contributed by atoms with Crippen LogP contribution < -0.4 is 4.74 Å². The lowest BCUT2D eigenvalue weighted by molar-refractivity contribution is -0.141. The summed E-state index contributed by atoms with van der Waals surface area (Å²) >= 11 is 0. The summed E-state index contributed by atoms with van der Waals surface area (Å²) in [5.74, 6) is -1.60. The van der Waals surface area contributed by atoms with E-state index in [1.807, 2.05) is 26.8 Å². The van der Waals surface area contributed by atoms with Crippen molar-refractivity contribution in [3.63, 3.8) is 0 Å². The Morgan fingerprint density at radius 3 is 2.45 bits per heavy atom. The van der Waals surface area contributed by atoms with Crippen LogP contribution in [0, 0.1) is 5.92 Å². The minimum Gasteiger partial charge on any atom is -0.507 e. The fourth-order valence-electron chi connectivity index (χ4n) is 3.71. The first kappa shape index (κ1) is 22.8. The Morgan fingerprint density at radius 1 is 1.24 bits per heavy atom. The number of rotatable bonds is 7. The number of benzene rings is 1. The number of esters is 1. The Labute approximate surface area is 172 Å². The fraction of sp³-hybridized carbons (Fsp3) is 0.565. The van der Waals surface area contributed by atoms with Crippen molar-refractivity contribution in [3.8, 4) is 17.2 Å². The van der Waals surface area contributed by atoms with Gasteiger partial charge in [0.05, 0.1) is 19.4 Å². The maximum Gasteiger partial charge on any atom is 0.306 e. The molecule has 1 heterocycles. The zero-order valence-electron chi connectivity index (χ0n) is 18.2. The molecule has 160 valence electrons. The van der Waals surface area contributed by atoms with E-state index in [-0.39, 0.29) is 52.9 Å². The molecule has 0 fully saturated rings. The Bertz CT molecular complexity index is 819. The summed E-state index contributed by atoms with van der Waals surface area (Å²) in [5, 5.41) is 22.0. The van der Waals surface area contributed by atoms with Gasteiger partial charge < -0.3 is 19.7 Å². The summed E-state index contributed by atoms with van der Waals surface area (Å²) in [5.41, 5.74) is 1.82. The van der Waals surface area contributed by atoms with Gasteiger partial charge in [-0.05, 0) is 33.6 Å². The van der Waals surface area contributed by atoms with E-state index in [0.717, 1.165) is 12.0 Å². The molecule has 1 aromatic rings. The Balaban J connectivity index is 2.79. The van der Waals surface area contributed by atoms with Crippen molar-refractivity contribution in [3.05, 3.63) is 28.3 Å². The van der Waals surface area contributed by atoms with E-state index in [2.05, 4.69) is 0 Å². The second-order valence-electron chi connectivity index (χ2n) is 8.02. The van der Waals surface area contributed by atoms with Crippen molar-refractivity contribution in [2.75, 3.05) is 7.11 Å². The number of methoxy groups -OCH3 is 1. The van der Waals surface area contributed by atoms with Crippen molar-refractivity contribution in [2.24, 2.45) is 5.92 Å². The Morgan fingerprint density at radius 2 is 1.90 bits per heavy atom. The van der Waals surface area contributed by atoms with E-state index >= 15 is 0 Å². The van der Waals surface area contributed by atoms with Gasteiger partial charge in [-0.25, -0.2) is 0 Å². The molecular weight excluding hydrogens is 372 g/mol. The summed E-state index contributed by atoms with van der Waals surface area (Å²) in [4.78, 5) is 25.1. The number of aromatic hydroxyl groups is 2. The summed E-state index contributed by atoms with van der Waals surface area (Å²) in [6.45, 7) is 9.37. The molecule has 0 radical (unpaired) electrons. The number of phenols is 2. The van der Waals surface area contributed by atoms with E-state index in [4.69, 9.17) is 9.47 Å². The van der Waals surface area contributed by atoms with Crippen LogP contribution in [0.5, 0.6) is 17.2 Å². The third-order valence-electron chi connectivity index (χ3n) is 5.60. The van der Waals surface area contributed by atoms with Crippen LogP contribution in [0.3, 0.4) is 0 Å². The molecule has 0 aliphatic carbocycles. The van der Waals surface area contributed by atoms with Gasteiger partial charge in [-0.2, -0.15) is 0 Å². The van der Waals surface area contributed by atoms with Gasteiger partial charge in [0.15, 0.2) is 5.78 Å². The minimum absolute atomic E-state index is 0.0543.